The van der Waals surface area contributed by atoms with E-state index >= 15 is 0 Å². The first-order valence-corrected chi connectivity index (χ1v) is 8.04. The smallest absolute Gasteiger partial charge is 0.126 e. The number of thioether (sulfide) groups is 1. The third kappa shape index (κ3) is 3.31. The molecule has 0 aliphatic carbocycles. The Morgan fingerprint density at radius 2 is 2.05 bits per heavy atom. The topological polar surface area (TPSA) is 29.9 Å². The number of imidazole rings is 1. The number of aromatic nitrogens is 2. The maximum atomic E-state index is 4.74. The maximum Gasteiger partial charge on any atom is 0.126 e. The van der Waals surface area contributed by atoms with E-state index in [1.165, 1.54) is 11.3 Å². The number of hydrogen-bond donors (Lipinski definition) is 1. The summed E-state index contributed by atoms with van der Waals surface area (Å²) in [6, 6.07) is 9.06. The molecular formula is C15H23N3S. The van der Waals surface area contributed by atoms with Gasteiger partial charge in [-0.15, -0.1) is 0 Å². The van der Waals surface area contributed by atoms with Gasteiger partial charge < -0.3 is 9.88 Å². The van der Waals surface area contributed by atoms with Crippen LogP contribution in [0.3, 0.4) is 0 Å². The predicted octanol–water partition coefficient (Wildman–Crippen LogP) is 3.37. The lowest BCUT2D eigenvalue weighted by molar-refractivity contribution is 0.483. The molecule has 19 heavy (non-hydrogen) atoms. The van der Waals surface area contributed by atoms with Gasteiger partial charge in [-0.05, 0) is 31.7 Å². The van der Waals surface area contributed by atoms with E-state index in [1.807, 2.05) is 17.8 Å². The molecule has 1 N–H and O–H groups in total. The van der Waals surface area contributed by atoms with Gasteiger partial charge in [-0.2, -0.15) is 11.8 Å². The molecule has 1 heterocycles. The number of aryl methyl sites for hydroxylation is 1. The number of nitrogens with zero attached hydrogens (tertiary/aromatic N) is 2. The molecule has 0 fully saturated rings. The van der Waals surface area contributed by atoms with Gasteiger partial charge in [0.15, 0.2) is 0 Å². The zero-order chi connectivity index (χ0) is 13.8. The van der Waals surface area contributed by atoms with E-state index in [1.54, 1.807) is 0 Å². The summed E-state index contributed by atoms with van der Waals surface area (Å²) < 4.78 is 2.19. The van der Waals surface area contributed by atoms with Crippen LogP contribution < -0.4 is 5.32 Å². The van der Waals surface area contributed by atoms with Crippen molar-refractivity contribution in [2.75, 3.05) is 11.5 Å². The third-order valence-corrected chi connectivity index (χ3v) is 4.46. The van der Waals surface area contributed by atoms with Crippen LogP contribution in [0.2, 0.25) is 0 Å². The van der Waals surface area contributed by atoms with Crippen LogP contribution in [0.15, 0.2) is 24.3 Å². The van der Waals surface area contributed by atoms with Gasteiger partial charge in [-0.1, -0.05) is 19.1 Å². The van der Waals surface area contributed by atoms with Crippen molar-refractivity contribution in [3.63, 3.8) is 0 Å². The molecule has 1 aromatic carbocycles. The van der Waals surface area contributed by atoms with E-state index < -0.39 is 0 Å². The normalized spacial score (nSPS) is 14.7. The highest BCUT2D eigenvalue weighted by Gasteiger charge is 2.15. The van der Waals surface area contributed by atoms with Crippen LogP contribution in [0, 0.1) is 0 Å². The van der Waals surface area contributed by atoms with Crippen LogP contribution in [0.1, 0.15) is 32.6 Å². The Hall–Kier alpha value is -1.00. The van der Waals surface area contributed by atoms with Crippen molar-refractivity contribution in [3.05, 3.63) is 30.1 Å². The van der Waals surface area contributed by atoms with Gasteiger partial charge in [0, 0.05) is 18.8 Å². The molecule has 0 amide bonds. The van der Waals surface area contributed by atoms with Gasteiger partial charge in [0.05, 0.1) is 17.1 Å². The number of fused-ring (bicyclic) bond motifs is 1. The van der Waals surface area contributed by atoms with Gasteiger partial charge in [0.1, 0.15) is 5.82 Å². The van der Waals surface area contributed by atoms with Gasteiger partial charge in [-0.3, -0.25) is 0 Å². The van der Waals surface area contributed by atoms with Crippen molar-refractivity contribution in [3.8, 4) is 0 Å². The lowest BCUT2D eigenvalue weighted by atomic mass is 10.2. The maximum absolute atomic E-state index is 4.74. The Balaban J connectivity index is 2.12. The van der Waals surface area contributed by atoms with E-state index in [9.17, 15) is 0 Å². The minimum Gasteiger partial charge on any atom is -0.330 e. The zero-order valence-corrected chi connectivity index (χ0v) is 13.0. The number of hydrogen-bond acceptors (Lipinski definition) is 3. The lowest BCUT2D eigenvalue weighted by Gasteiger charge is -2.19. The molecule has 2 aromatic rings. The van der Waals surface area contributed by atoms with Crippen molar-refractivity contribution in [2.45, 2.75) is 32.9 Å². The predicted molar refractivity (Wildman–Crippen MR) is 84.7 cm³/mol. The molecule has 0 bridgehead atoms. The monoisotopic (exact) mass is 277 g/mol. The van der Waals surface area contributed by atoms with Gasteiger partial charge in [-0.25, -0.2) is 4.98 Å². The summed E-state index contributed by atoms with van der Waals surface area (Å²) in [5.41, 5.74) is 2.27. The summed E-state index contributed by atoms with van der Waals surface area (Å²) in [5, 5.41) is 3.63. The first kappa shape index (κ1) is 14.4. The van der Waals surface area contributed by atoms with Crippen LogP contribution in [-0.2, 0) is 7.05 Å². The molecule has 3 nitrogen and oxygen atoms in total. The average molecular weight is 277 g/mol. The first-order chi connectivity index (χ1) is 9.13. The molecule has 0 radical (unpaired) electrons. The summed E-state index contributed by atoms with van der Waals surface area (Å²) in [7, 11) is 2.09. The molecule has 4 heteroatoms. The molecular weight excluding hydrogens is 254 g/mol. The van der Waals surface area contributed by atoms with Gasteiger partial charge in [0.25, 0.3) is 0 Å². The Bertz CT molecular complexity index is 535. The second-order valence-corrected chi connectivity index (χ2v) is 6.29. The molecule has 2 atom stereocenters. The van der Waals surface area contributed by atoms with E-state index in [2.05, 4.69) is 55.9 Å². The van der Waals surface area contributed by atoms with Crippen LogP contribution in [0.25, 0.3) is 11.0 Å². The van der Waals surface area contributed by atoms with Gasteiger partial charge in [0.2, 0.25) is 0 Å². The molecule has 0 aliphatic heterocycles. The molecule has 2 unspecified atom stereocenters. The molecule has 2 rings (SSSR count). The fraction of sp³-hybridized carbons (Fsp3) is 0.533. The molecule has 1 aromatic heterocycles. The van der Waals surface area contributed by atoms with Crippen molar-refractivity contribution in [1.82, 2.24) is 14.9 Å². The minimum absolute atomic E-state index is 0.268. The minimum atomic E-state index is 0.268. The van der Waals surface area contributed by atoms with Crippen molar-refractivity contribution >= 4 is 22.8 Å². The van der Waals surface area contributed by atoms with E-state index in [-0.39, 0.29) is 6.04 Å². The summed E-state index contributed by atoms with van der Waals surface area (Å²) >= 11 is 1.97. The summed E-state index contributed by atoms with van der Waals surface area (Å²) in [4.78, 5) is 4.74. The standard InChI is InChI=1S/C15H23N3S/c1-5-19-10-11(2)16-12(3)15-17-13-8-6-7-9-14(13)18(15)4/h6-9,11-12,16H,5,10H2,1-4H3. The Labute approximate surface area is 119 Å². The summed E-state index contributed by atoms with van der Waals surface area (Å²) in [6.07, 6.45) is 0. The highest BCUT2D eigenvalue weighted by Crippen LogP contribution is 2.19. The van der Waals surface area contributed by atoms with Crippen LogP contribution in [0.5, 0.6) is 0 Å². The Morgan fingerprint density at radius 1 is 1.32 bits per heavy atom. The molecule has 0 aliphatic rings. The van der Waals surface area contributed by atoms with E-state index in [4.69, 9.17) is 4.98 Å². The first-order valence-electron chi connectivity index (χ1n) is 6.88. The number of para-hydroxylation sites is 2. The second kappa shape index (κ2) is 6.44. The fourth-order valence-electron chi connectivity index (χ4n) is 2.40. The molecule has 104 valence electrons. The Kier molecular flexibility index (Phi) is 4.88. The van der Waals surface area contributed by atoms with Crippen LogP contribution >= 0.6 is 11.8 Å². The largest absolute Gasteiger partial charge is 0.330 e. The highest BCUT2D eigenvalue weighted by atomic mass is 32.2. The van der Waals surface area contributed by atoms with E-state index in [0.29, 0.717) is 6.04 Å². The van der Waals surface area contributed by atoms with Gasteiger partial charge >= 0.3 is 0 Å². The zero-order valence-electron chi connectivity index (χ0n) is 12.2. The third-order valence-electron chi connectivity index (χ3n) is 3.32. The van der Waals surface area contributed by atoms with Crippen LogP contribution in [-0.4, -0.2) is 27.1 Å². The average Bonchev–Trinajstić information content (AvgIpc) is 2.74. The summed E-state index contributed by atoms with van der Waals surface area (Å²) in [5.74, 6) is 3.42. The fourth-order valence-corrected chi connectivity index (χ4v) is 3.08. The highest BCUT2D eigenvalue weighted by molar-refractivity contribution is 7.99. The van der Waals surface area contributed by atoms with Crippen LogP contribution in [0.4, 0.5) is 0 Å². The lowest BCUT2D eigenvalue weighted by Crippen LogP contribution is -2.32. The number of benzene rings is 1. The SMILES string of the molecule is CCSCC(C)NC(C)c1nc2ccccc2n1C. The van der Waals surface area contributed by atoms with E-state index in [0.717, 1.165) is 17.1 Å². The molecule has 0 saturated heterocycles. The summed E-state index contributed by atoms with van der Waals surface area (Å²) in [6.45, 7) is 6.63. The number of rotatable bonds is 6. The second-order valence-electron chi connectivity index (χ2n) is 4.97. The van der Waals surface area contributed by atoms with Crippen molar-refractivity contribution in [2.24, 2.45) is 7.05 Å². The van der Waals surface area contributed by atoms with Crippen molar-refractivity contribution < 1.29 is 0 Å². The molecule has 0 saturated carbocycles. The quantitative estimate of drug-likeness (QED) is 0.878. The van der Waals surface area contributed by atoms with Crippen molar-refractivity contribution in [1.29, 1.82) is 0 Å². The number of nitrogens with one attached hydrogen (secondary N) is 1. The Morgan fingerprint density at radius 3 is 2.74 bits per heavy atom. The molecule has 0 spiro atoms.